The Labute approximate surface area is 111 Å². The van der Waals surface area contributed by atoms with E-state index in [2.05, 4.69) is 18.7 Å². The first-order chi connectivity index (χ1) is 8.54. The number of likely N-dealkylation sites (tertiary alicyclic amines) is 1. The molecule has 0 amide bonds. The van der Waals surface area contributed by atoms with Gasteiger partial charge in [-0.05, 0) is 32.2 Å². The molecule has 0 saturated carbocycles. The van der Waals surface area contributed by atoms with E-state index in [9.17, 15) is 4.79 Å². The molecule has 106 valence electrons. The van der Waals surface area contributed by atoms with Crippen LogP contribution in [0.3, 0.4) is 0 Å². The summed E-state index contributed by atoms with van der Waals surface area (Å²) in [6, 6.07) is 0.606. The Morgan fingerprint density at radius 3 is 2.67 bits per heavy atom. The summed E-state index contributed by atoms with van der Waals surface area (Å²) in [4.78, 5) is 14.0. The number of carbonyl (C=O) groups is 1. The number of ether oxygens (including phenoxy) is 1. The maximum atomic E-state index is 11.6. The minimum absolute atomic E-state index is 0.0952. The van der Waals surface area contributed by atoms with Gasteiger partial charge in [0, 0.05) is 18.6 Å². The minimum Gasteiger partial charge on any atom is -0.469 e. The third kappa shape index (κ3) is 3.45. The number of nitrogens with zero attached hydrogens (tertiary/aromatic N) is 1. The van der Waals surface area contributed by atoms with E-state index in [4.69, 9.17) is 10.5 Å². The summed E-state index contributed by atoms with van der Waals surface area (Å²) in [5.41, 5.74) is 5.90. The molecule has 18 heavy (non-hydrogen) atoms. The molecule has 1 aliphatic rings. The Morgan fingerprint density at radius 1 is 1.50 bits per heavy atom. The summed E-state index contributed by atoms with van der Waals surface area (Å²) < 4.78 is 4.84. The molecule has 0 aromatic carbocycles. The summed E-state index contributed by atoms with van der Waals surface area (Å²) in [5.74, 6) is 0.563. The Kier molecular flexibility index (Phi) is 6.09. The fraction of sp³-hybridized carbons (Fsp3) is 0.929. The molecule has 1 heterocycles. The van der Waals surface area contributed by atoms with Crippen LogP contribution in [0.15, 0.2) is 0 Å². The van der Waals surface area contributed by atoms with Crippen LogP contribution in [0.4, 0.5) is 0 Å². The SMILES string of the molecule is CCC1CCN(C(C)C(C)C(=O)OC)C(CN)C1. The second kappa shape index (κ2) is 7.10. The van der Waals surface area contributed by atoms with Gasteiger partial charge in [-0.15, -0.1) is 0 Å². The number of nitrogens with two attached hydrogens (primary N) is 1. The summed E-state index contributed by atoms with van der Waals surface area (Å²) in [5, 5.41) is 0. The van der Waals surface area contributed by atoms with Gasteiger partial charge in [-0.1, -0.05) is 20.3 Å². The third-order valence-electron chi connectivity index (χ3n) is 4.54. The van der Waals surface area contributed by atoms with E-state index in [0.717, 1.165) is 18.9 Å². The summed E-state index contributed by atoms with van der Waals surface area (Å²) in [7, 11) is 1.45. The van der Waals surface area contributed by atoms with Crippen molar-refractivity contribution in [1.29, 1.82) is 0 Å². The number of hydrogen-bond donors (Lipinski definition) is 1. The molecular weight excluding hydrogens is 228 g/mol. The first kappa shape index (κ1) is 15.4. The van der Waals surface area contributed by atoms with Crippen molar-refractivity contribution in [1.82, 2.24) is 4.90 Å². The lowest BCUT2D eigenvalue weighted by molar-refractivity contribution is -0.147. The number of rotatable bonds is 5. The van der Waals surface area contributed by atoms with Crippen molar-refractivity contribution < 1.29 is 9.53 Å². The molecular formula is C14H28N2O2. The molecule has 1 saturated heterocycles. The van der Waals surface area contributed by atoms with Gasteiger partial charge >= 0.3 is 5.97 Å². The molecule has 1 aliphatic heterocycles. The van der Waals surface area contributed by atoms with Crippen molar-refractivity contribution in [3.63, 3.8) is 0 Å². The lowest BCUT2D eigenvalue weighted by Crippen LogP contribution is -2.53. The summed E-state index contributed by atoms with van der Waals surface area (Å²) in [6.45, 7) is 8.01. The Hall–Kier alpha value is -0.610. The van der Waals surface area contributed by atoms with E-state index in [1.807, 2.05) is 6.92 Å². The van der Waals surface area contributed by atoms with Gasteiger partial charge in [0.05, 0.1) is 13.0 Å². The van der Waals surface area contributed by atoms with E-state index in [-0.39, 0.29) is 17.9 Å². The summed E-state index contributed by atoms with van der Waals surface area (Å²) >= 11 is 0. The molecule has 1 rings (SSSR count). The monoisotopic (exact) mass is 256 g/mol. The molecule has 1 fully saturated rings. The van der Waals surface area contributed by atoms with Gasteiger partial charge in [0.15, 0.2) is 0 Å². The molecule has 0 radical (unpaired) electrons. The third-order valence-corrected chi connectivity index (χ3v) is 4.54. The van der Waals surface area contributed by atoms with Gasteiger partial charge in [0.1, 0.15) is 0 Å². The van der Waals surface area contributed by atoms with Crippen LogP contribution in [0.5, 0.6) is 0 Å². The zero-order valence-electron chi connectivity index (χ0n) is 12.2. The van der Waals surface area contributed by atoms with E-state index in [0.29, 0.717) is 12.6 Å². The van der Waals surface area contributed by atoms with Gasteiger partial charge in [0.2, 0.25) is 0 Å². The van der Waals surface area contributed by atoms with E-state index in [1.165, 1.54) is 20.0 Å². The predicted molar refractivity (Wildman–Crippen MR) is 73.2 cm³/mol. The normalized spacial score (nSPS) is 28.7. The highest BCUT2D eigenvalue weighted by atomic mass is 16.5. The highest BCUT2D eigenvalue weighted by Gasteiger charge is 2.34. The largest absolute Gasteiger partial charge is 0.469 e. The maximum absolute atomic E-state index is 11.6. The number of methoxy groups -OCH3 is 1. The van der Waals surface area contributed by atoms with Crippen molar-refractivity contribution in [3.8, 4) is 0 Å². The van der Waals surface area contributed by atoms with Crippen LogP contribution < -0.4 is 5.73 Å². The van der Waals surface area contributed by atoms with Gasteiger partial charge in [-0.25, -0.2) is 0 Å². The van der Waals surface area contributed by atoms with E-state index >= 15 is 0 Å². The lowest BCUT2D eigenvalue weighted by Gasteiger charge is -2.43. The topological polar surface area (TPSA) is 55.6 Å². The minimum atomic E-state index is -0.129. The van der Waals surface area contributed by atoms with Crippen molar-refractivity contribution >= 4 is 5.97 Å². The van der Waals surface area contributed by atoms with Crippen LogP contribution in [0.2, 0.25) is 0 Å². The zero-order valence-corrected chi connectivity index (χ0v) is 12.2. The average Bonchev–Trinajstić information content (AvgIpc) is 2.43. The molecule has 4 unspecified atom stereocenters. The van der Waals surface area contributed by atoms with Crippen LogP contribution in [0.1, 0.15) is 40.0 Å². The molecule has 4 heteroatoms. The highest BCUT2D eigenvalue weighted by Crippen LogP contribution is 2.28. The standard InChI is InChI=1S/C14H28N2O2/c1-5-12-6-7-16(13(8-12)9-15)11(3)10(2)14(17)18-4/h10-13H,5-9,15H2,1-4H3. The lowest BCUT2D eigenvalue weighted by atomic mass is 9.86. The fourth-order valence-electron chi connectivity index (χ4n) is 2.96. The van der Waals surface area contributed by atoms with Gasteiger partial charge in [0.25, 0.3) is 0 Å². The zero-order chi connectivity index (χ0) is 13.7. The van der Waals surface area contributed by atoms with Gasteiger partial charge < -0.3 is 10.5 Å². The van der Waals surface area contributed by atoms with Gasteiger partial charge in [-0.3, -0.25) is 9.69 Å². The quantitative estimate of drug-likeness (QED) is 0.760. The molecule has 0 aromatic rings. The maximum Gasteiger partial charge on any atom is 0.309 e. The molecule has 4 atom stereocenters. The number of hydrogen-bond acceptors (Lipinski definition) is 4. The second-order valence-electron chi connectivity index (χ2n) is 5.48. The van der Waals surface area contributed by atoms with Crippen molar-refractivity contribution in [2.75, 3.05) is 20.2 Å². The van der Waals surface area contributed by atoms with E-state index in [1.54, 1.807) is 0 Å². The number of piperidine rings is 1. The van der Waals surface area contributed by atoms with Crippen LogP contribution in [-0.2, 0) is 9.53 Å². The van der Waals surface area contributed by atoms with Gasteiger partial charge in [-0.2, -0.15) is 0 Å². The predicted octanol–water partition coefficient (Wildman–Crippen LogP) is 1.63. The van der Waals surface area contributed by atoms with E-state index < -0.39 is 0 Å². The smallest absolute Gasteiger partial charge is 0.309 e. The Morgan fingerprint density at radius 2 is 2.17 bits per heavy atom. The number of carbonyl (C=O) groups excluding carboxylic acids is 1. The molecule has 0 spiro atoms. The van der Waals surface area contributed by atoms with Crippen LogP contribution in [-0.4, -0.2) is 43.2 Å². The molecule has 0 aromatic heterocycles. The van der Waals surface area contributed by atoms with Crippen molar-refractivity contribution in [3.05, 3.63) is 0 Å². The summed E-state index contributed by atoms with van der Waals surface area (Å²) in [6.07, 6.45) is 3.60. The van der Waals surface area contributed by atoms with Crippen LogP contribution in [0.25, 0.3) is 0 Å². The first-order valence-electron chi connectivity index (χ1n) is 7.08. The molecule has 0 bridgehead atoms. The van der Waals surface area contributed by atoms with Crippen LogP contribution >= 0.6 is 0 Å². The molecule has 2 N–H and O–H groups in total. The highest BCUT2D eigenvalue weighted by molar-refractivity contribution is 5.72. The van der Waals surface area contributed by atoms with Crippen molar-refractivity contribution in [2.24, 2.45) is 17.6 Å². The average molecular weight is 256 g/mol. The van der Waals surface area contributed by atoms with Crippen LogP contribution in [0, 0.1) is 11.8 Å². The molecule has 4 nitrogen and oxygen atoms in total. The molecule has 0 aliphatic carbocycles. The first-order valence-corrected chi connectivity index (χ1v) is 7.08. The van der Waals surface area contributed by atoms with Crippen molar-refractivity contribution in [2.45, 2.75) is 52.1 Å². The Bertz CT molecular complexity index is 271. The fourth-order valence-corrected chi connectivity index (χ4v) is 2.96. The Balaban J connectivity index is 2.66. The number of esters is 1. The second-order valence-corrected chi connectivity index (χ2v) is 5.48.